The lowest BCUT2D eigenvalue weighted by Gasteiger charge is -2.10. The van der Waals surface area contributed by atoms with Gasteiger partial charge in [-0.05, 0) is 60.2 Å². The van der Waals surface area contributed by atoms with E-state index in [0.717, 1.165) is 5.56 Å². The Morgan fingerprint density at radius 2 is 1.56 bits per heavy atom. The summed E-state index contributed by atoms with van der Waals surface area (Å²) in [5.74, 6) is -0.447. The molecule has 1 amide bonds. The molecular formula is C25H19Cl3N2O4. The van der Waals surface area contributed by atoms with Crippen molar-refractivity contribution in [3.05, 3.63) is 87.0 Å². The first-order valence-corrected chi connectivity index (χ1v) is 11.2. The average Bonchev–Trinajstić information content (AvgIpc) is 3.10. The van der Waals surface area contributed by atoms with Crippen LogP contribution in [-0.2, 0) is 11.3 Å². The Bertz CT molecular complexity index is 1400. The number of halogens is 3. The monoisotopic (exact) mass is 516 g/mol. The van der Waals surface area contributed by atoms with Crippen LogP contribution in [0, 0.1) is 0 Å². The first kappa shape index (κ1) is 24.0. The summed E-state index contributed by atoms with van der Waals surface area (Å²) in [7, 11) is 3.06. The van der Waals surface area contributed by atoms with Gasteiger partial charge in [-0.15, -0.1) is 0 Å². The van der Waals surface area contributed by atoms with E-state index < -0.39 is 11.7 Å². The lowest BCUT2D eigenvalue weighted by atomic mass is 10.1. The molecule has 1 aromatic heterocycles. The number of Topliss-reactive ketones (excluding diaryl/α,β-unsaturated/α-hetero) is 1. The molecule has 4 aromatic rings. The van der Waals surface area contributed by atoms with E-state index in [1.165, 1.54) is 7.11 Å². The maximum atomic E-state index is 13.3. The number of nitrogens with one attached hydrogen (secondary N) is 1. The largest absolute Gasteiger partial charge is 0.497 e. The lowest BCUT2D eigenvalue weighted by molar-refractivity contribution is -0.112. The number of aromatic nitrogens is 1. The Labute approximate surface area is 210 Å². The van der Waals surface area contributed by atoms with Crippen LogP contribution in [0.15, 0.2) is 60.7 Å². The van der Waals surface area contributed by atoms with Crippen molar-refractivity contribution in [1.82, 2.24) is 4.57 Å². The van der Waals surface area contributed by atoms with Gasteiger partial charge < -0.3 is 19.4 Å². The van der Waals surface area contributed by atoms with Crippen molar-refractivity contribution >= 4 is 63.1 Å². The molecule has 174 valence electrons. The van der Waals surface area contributed by atoms with E-state index in [0.29, 0.717) is 38.1 Å². The normalized spacial score (nSPS) is 10.9. The van der Waals surface area contributed by atoms with Gasteiger partial charge in [-0.25, -0.2) is 0 Å². The molecule has 4 rings (SSSR count). The number of hydrogen-bond acceptors (Lipinski definition) is 4. The first-order valence-electron chi connectivity index (χ1n) is 10.1. The van der Waals surface area contributed by atoms with E-state index in [4.69, 9.17) is 44.3 Å². The number of ketones is 1. The number of benzene rings is 3. The highest BCUT2D eigenvalue weighted by Gasteiger charge is 2.27. The molecule has 1 heterocycles. The SMILES string of the molecule is COc1ccc(NC(=O)C(=O)c2c(Cl)n(Cc3ccc(Cl)cc3Cl)c3ccc(OC)cc23)cc1. The van der Waals surface area contributed by atoms with Gasteiger partial charge in [0.25, 0.3) is 11.7 Å². The average molecular weight is 518 g/mol. The van der Waals surface area contributed by atoms with Gasteiger partial charge in [0.2, 0.25) is 0 Å². The highest BCUT2D eigenvalue weighted by molar-refractivity contribution is 6.52. The maximum absolute atomic E-state index is 13.3. The zero-order valence-electron chi connectivity index (χ0n) is 18.2. The molecule has 0 spiro atoms. The standard InChI is InChI=1S/C25H19Cl3N2O4/c1-33-17-7-5-16(6-8-17)29-25(32)23(31)22-19-12-18(34-2)9-10-21(19)30(24(22)28)13-14-3-4-15(26)11-20(14)27/h3-12H,13H2,1-2H3,(H,29,32). The third-order valence-electron chi connectivity index (χ3n) is 5.33. The summed E-state index contributed by atoms with van der Waals surface area (Å²) < 4.78 is 12.2. The fraction of sp³-hybridized carbons (Fsp3) is 0.120. The van der Waals surface area contributed by atoms with Crippen LogP contribution in [0.3, 0.4) is 0 Å². The number of anilines is 1. The second-order valence-electron chi connectivity index (χ2n) is 7.38. The van der Waals surface area contributed by atoms with E-state index in [1.54, 1.807) is 72.3 Å². The van der Waals surface area contributed by atoms with Crippen LogP contribution in [0.1, 0.15) is 15.9 Å². The van der Waals surface area contributed by atoms with Gasteiger partial charge in [-0.3, -0.25) is 9.59 Å². The van der Waals surface area contributed by atoms with Gasteiger partial charge in [-0.2, -0.15) is 0 Å². The number of hydrogen-bond donors (Lipinski definition) is 1. The number of fused-ring (bicyclic) bond motifs is 1. The van der Waals surface area contributed by atoms with E-state index in [1.807, 2.05) is 0 Å². The van der Waals surface area contributed by atoms with Crippen molar-refractivity contribution in [2.75, 3.05) is 19.5 Å². The quantitative estimate of drug-likeness (QED) is 0.225. The van der Waals surface area contributed by atoms with Crippen molar-refractivity contribution in [3.8, 4) is 11.5 Å². The molecule has 3 aromatic carbocycles. The van der Waals surface area contributed by atoms with Gasteiger partial charge in [0, 0.05) is 21.1 Å². The molecule has 9 heteroatoms. The molecule has 0 saturated heterocycles. The van der Waals surface area contributed by atoms with Crippen molar-refractivity contribution in [1.29, 1.82) is 0 Å². The van der Waals surface area contributed by atoms with Gasteiger partial charge >= 0.3 is 0 Å². The summed E-state index contributed by atoms with van der Waals surface area (Å²) in [6.07, 6.45) is 0. The van der Waals surface area contributed by atoms with Crippen LogP contribution in [0.5, 0.6) is 11.5 Å². The summed E-state index contributed by atoms with van der Waals surface area (Å²) in [5, 5.41) is 4.18. The van der Waals surface area contributed by atoms with Gasteiger partial charge in [0.1, 0.15) is 16.7 Å². The van der Waals surface area contributed by atoms with Gasteiger partial charge in [0.05, 0.1) is 31.8 Å². The Kier molecular flexibility index (Phi) is 7.03. The molecule has 6 nitrogen and oxygen atoms in total. The van der Waals surface area contributed by atoms with Crippen LogP contribution in [-0.4, -0.2) is 30.5 Å². The number of rotatable bonds is 7. The predicted molar refractivity (Wildman–Crippen MR) is 135 cm³/mol. The smallest absolute Gasteiger partial charge is 0.296 e. The summed E-state index contributed by atoms with van der Waals surface area (Å²) in [4.78, 5) is 26.1. The molecule has 1 N–H and O–H groups in total. The Morgan fingerprint density at radius 1 is 0.882 bits per heavy atom. The molecular weight excluding hydrogens is 499 g/mol. The Hall–Kier alpha value is -3.19. The molecule has 0 aliphatic carbocycles. The fourth-order valence-electron chi connectivity index (χ4n) is 3.60. The number of nitrogens with zero attached hydrogens (tertiary/aromatic N) is 1. The van der Waals surface area contributed by atoms with Gasteiger partial charge in [-0.1, -0.05) is 40.9 Å². The molecule has 0 radical (unpaired) electrons. The molecule has 0 fully saturated rings. The van der Waals surface area contributed by atoms with E-state index >= 15 is 0 Å². The van der Waals surface area contributed by atoms with E-state index in [-0.39, 0.29) is 17.3 Å². The molecule has 0 saturated carbocycles. The van der Waals surface area contributed by atoms with E-state index in [2.05, 4.69) is 5.32 Å². The minimum Gasteiger partial charge on any atom is -0.497 e. The third kappa shape index (κ3) is 4.71. The summed E-state index contributed by atoms with van der Waals surface area (Å²) in [6.45, 7) is 0.269. The molecule has 0 aliphatic heterocycles. The number of ether oxygens (including phenoxy) is 2. The summed E-state index contributed by atoms with van der Waals surface area (Å²) >= 11 is 19.1. The van der Waals surface area contributed by atoms with Crippen molar-refractivity contribution < 1.29 is 19.1 Å². The van der Waals surface area contributed by atoms with Crippen LogP contribution < -0.4 is 14.8 Å². The Morgan fingerprint density at radius 3 is 2.21 bits per heavy atom. The second-order valence-corrected chi connectivity index (χ2v) is 8.58. The zero-order chi connectivity index (χ0) is 24.4. The highest BCUT2D eigenvalue weighted by atomic mass is 35.5. The van der Waals surface area contributed by atoms with Crippen LogP contribution >= 0.6 is 34.8 Å². The maximum Gasteiger partial charge on any atom is 0.296 e. The summed E-state index contributed by atoms with van der Waals surface area (Å²) in [5.41, 5.74) is 1.93. The van der Waals surface area contributed by atoms with Crippen LogP contribution in [0.25, 0.3) is 10.9 Å². The minimum absolute atomic E-state index is 0.0756. The Balaban J connectivity index is 1.75. The van der Waals surface area contributed by atoms with Crippen molar-refractivity contribution in [2.45, 2.75) is 6.54 Å². The predicted octanol–water partition coefficient (Wildman–Crippen LogP) is 6.49. The number of carbonyl (C=O) groups excluding carboxylic acids is 2. The van der Waals surface area contributed by atoms with Crippen LogP contribution in [0.4, 0.5) is 5.69 Å². The number of amides is 1. The van der Waals surface area contributed by atoms with Crippen molar-refractivity contribution in [3.63, 3.8) is 0 Å². The molecule has 34 heavy (non-hydrogen) atoms. The highest BCUT2D eigenvalue weighted by Crippen LogP contribution is 2.35. The third-order valence-corrected chi connectivity index (χ3v) is 6.31. The van der Waals surface area contributed by atoms with Crippen molar-refractivity contribution in [2.24, 2.45) is 0 Å². The van der Waals surface area contributed by atoms with E-state index in [9.17, 15) is 9.59 Å². The molecule has 0 aliphatic rings. The first-order chi connectivity index (χ1) is 16.3. The minimum atomic E-state index is -0.821. The number of methoxy groups -OCH3 is 2. The fourth-order valence-corrected chi connectivity index (χ4v) is 4.40. The summed E-state index contributed by atoms with van der Waals surface area (Å²) in [6, 6.07) is 17.0. The molecule has 0 bridgehead atoms. The molecule has 0 atom stereocenters. The lowest BCUT2D eigenvalue weighted by Crippen LogP contribution is -2.23. The topological polar surface area (TPSA) is 69.6 Å². The van der Waals surface area contributed by atoms with Gasteiger partial charge in [0.15, 0.2) is 0 Å². The second kappa shape index (κ2) is 9.97. The van der Waals surface area contributed by atoms with Crippen LogP contribution in [0.2, 0.25) is 15.2 Å². The molecule has 0 unspecified atom stereocenters. The zero-order valence-corrected chi connectivity index (χ0v) is 20.5. The number of carbonyl (C=O) groups is 2.